The van der Waals surface area contributed by atoms with Crippen LogP contribution in [0.1, 0.15) is 37.6 Å². The van der Waals surface area contributed by atoms with Crippen molar-refractivity contribution in [2.75, 3.05) is 5.32 Å². The molecule has 0 aliphatic carbocycles. The van der Waals surface area contributed by atoms with Gasteiger partial charge in [0.2, 0.25) is 0 Å². The second kappa shape index (κ2) is 7.78. The summed E-state index contributed by atoms with van der Waals surface area (Å²) < 4.78 is 70.3. The number of fused-ring (bicyclic) bond motifs is 1. The Morgan fingerprint density at radius 2 is 1.90 bits per heavy atom. The van der Waals surface area contributed by atoms with E-state index in [0.717, 1.165) is 29.0 Å². The van der Waals surface area contributed by atoms with Gasteiger partial charge in [-0.2, -0.15) is 23.4 Å². The third-order valence-electron chi connectivity index (χ3n) is 4.00. The van der Waals surface area contributed by atoms with E-state index in [-0.39, 0.29) is 17.2 Å². The molecule has 29 heavy (non-hydrogen) atoms. The summed E-state index contributed by atoms with van der Waals surface area (Å²) in [4.78, 5) is 7.46. The van der Waals surface area contributed by atoms with Crippen molar-refractivity contribution < 1.29 is 31.8 Å². The number of ether oxygens (including phenoxy) is 1. The highest BCUT2D eigenvalue weighted by molar-refractivity contribution is 5.48. The normalized spacial score (nSPS) is 13.3. The number of nitrogens with one attached hydrogen (secondary N) is 1. The molecule has 1 aromatic carbocycles. The largest absolute Gasteiger partial charge is 0.432 e. The summed E-state index contributed by atoms with van der Waals surface area (Å²) in [6.45, 7) is -0.400. The maximum atomic E-state index is 14.2. The molecule has 7 nitrogen and oxygen atoms in total. The SMILES string of the molecule is CC(C)(O)[C@H](Nc1cc(C(F)F)nc2ncnn12)c1ccc(OC(F)F)c(F)c1. The summed E-state index contributed by atoms with van der Waals surface area (Å²) in [5.41, 5.74) is -1.95. The van der Waals surface area contributed by atoms with Gasteiger partial charge >= 0.3 is 6.61 Å². The lowest BCUT2D eigenvalue weighted by atomic mass is 9.91. The van der Waals surface area contributed by atoms with Crippen molar-refractivity contribution in [1.29, 1.82) is 0 Å². The highest BCUT2D eigenvalue weighted by atomic mass is 19.3. The molecule has 2 aromatic heterocycles. The van der Waals surface area contributed by atoms with Gasteiger partial charge in [0, 0.05) is 6.07 Å². The van der Waals surface area contributed by atoms with Gasteiger partial charge in [0.05, 0.1) is 11.6 Å². The van der Waals surface area contributed by atoms with Crippen LogP contribution in [0.25, 0.3) is 5.78 Å². The molecule has 156 valence electrons. The van der Waals surface area contributed by atoms with Crippen molar-refractivity contribution in [2.45, 2.75) is 38.5 Å². The lowest BCUT2D eigenvalue weighted by Gasteiger charge is -2.31. The number of anilines is 1. The predicted octanol–water partition coefficient (Wildman–Crippen LogP) is 3.73. The van der Waals surface area contributed by atoms with E-state index in [4.69, 9.17) is 0 Å². The van der Waals surface area contributed by atoms with E-state index < -0.39 is 41.9 Å². The number of alkyl halides is 4. The van der Waals surface area contributed by atoms with Crippen LogP contribution in [0.15, 0.2) is 30.6 Å². The molecule has 0 saturated heterocycles. The fraction of sp³-hybridized carbons (Fsp3) is 0.353. The van der Waals surface area contributed by atoms with Gasteiger partial charge in [0.25, 0.3) is 12.2 Å². The first kappa shape index (κ1) is 20.7. The fourth-order valence-corrected chi connectivity index (χ4v) is 2.75. The predicted molar refractivity (Wildman–Crippen MR) is 91.4 cm³/mol. The van der Waals surface area contributed by atoms with Gasteiger partial charge in [-0.25, -0.2) is 18.2 Å². The average Bonchev–Trinajstić information content (AvgIpc) is 3.08. The zero-order valence-electron chi connectivity index (χ0n) is 15.2. The van der Waals surface area contributed by atoms with Crippen LogP contribution in [0.5, 0.6) is 5.75 Å². The Morgan fingerprint density at radius 3 is 2.48 bits per heavy atom. The topological polar surface area (TPSA) is 84.6 Å². The molecule has 3 rings (SSSR count). The molecule has 0 aliphatic rings. The average molecular weight is 417 g/mol. The van der Waals surface area contributed by atoms with Gasteiger partial charge in [0.15, 0.2) is 11.6 Å². The highest BCUT2D eigenvalue weighted by Crippen LogP contribution is 2.33. The van der Waals surface area contributed by atoms with Gasteiger partial charge in [-0.05, 0) is 31.5 Å². The van der Waals surface area contributed by atoms with E-state index in [9.17, 15) is 27.1 Å². The summed E-state index contributed by atoms with van der Waals surface area (Å²) >= 11 is 0. The van der Waals surface area contributed by atoms with Gasteiger partial charge in [-0.15, -0.1) is 0 Å². The first-order valence-electron chi connectivity index (χ1n) is 8.28. The van der Waals surface area contributed by atoms with Gasteiger partial charge in [0.1, 0.15) is 17.8 Å². The number of hydrogen-bond donors (Lipinski definition) is 2. The molecule has 0 bridgehead atoms. The van der Waals surface area contributed by atoms with Crippen LogP contribution in [-0.4, -0.2) is 36.9 Å². The second-order valence-electron chi connectivity index (χ2n) is 6.64. The molecule has 0 spiro atoms. The van der Waals surface area contributed by atoms with Crippen LogP contribution in [0, 0.1) is 5.82 Å². The number of benzene rings is 1. The second-order valence-corrected chi connectivity index (χ2v) is 6.64. The quantitative estimate of drug-likeness (QED) is 0.570. The van der Waals surface area contributed by atoms with Crippen molar-refractivity contribution in [1.82, 2.24) is 19.6 Å². The number of aromatic nitrogens is 4. The van der Waals surface area contributed by atoms with Crippen molar-refractivity contribution in [3.8, 4) is 5.75 Å². The molecule has 0 amide bonds. The van der Waals surface area contributed by atoms with Crippen molar-refractivity contribution in [3.63, 3.8) is 0 Å². The summed E-state index contributed by atoms with van der Waals surface area (Å²) in [5, 5.41) is 17.3. The van der Waals surface area contributed by atoms with Gasteiger partial charge in [-0.3, -0.25) is 0 Å². The molecule has 2 heterocycles. The highest BCUT2D eigenvalue weighted by Gasteiger charge is 2.31. The third-order valence-corrected chi connectivity index (χ3v) is 4.00. The molecule has 1 atom stereocenters. The molecule has 3 aromatic rings. The molecule has 0 aliphatic heterocycles. The lowest BCUT2D eigenvalue weighted by Crippen LogP contribution is -2.35. The fourth-order valence-electron chi connectivity index (χ4n) is 2.75. The smallest absolute Gasteiger partial charge is 0.387 e. The first-order chi connectivity index (χ1) is 13.6. The van der Waals surface area contributed by atoms with Gasteiger partial charge < -0.3 is 15.2 Å². The molecule has 2 N–H and O–H groups in total. The van der Waals surface area contributed by atoms with Crippen molar-refractivity contribution in [3.05, 3.63) is 47.7 Å². The zero-order valence-corrected chi connectivity index (χ0v) is 15.2. The van der Waals surface area contributed by atoms with Crippen molar-refractivity contribution in [2.24, 2.45) is 0 Å². The van der Waals surface area contributed by atoms with E-state index in [1.807, 2.05) is 0 Å². The summed E-state index contributed by atoms with van der Waals surface area (Å²) in [6, 6.07) is 3.14. The molecule has 12 heteroatoms. The Labute approximate surface area is 161 Å². The maximum absolute atomic E-state index is 14.2. The number of halogens is 5. The number of rotatable bonds is 7. The number of nitrogens with zero attached hydrogens (tertiary/aromatic N) is 4. The van der Waals surface area contributed by atoms with Crippen LogP contribution >= 0.6 is 0 Å². The maximum Gasteiger partial charge on any atom is 0.387 e. The summed E-state index contributed by atoms with van der Waals surface area (Å²) in [6.07, 6.45) is -1.78. The van der Waals surface area contributed by atoms with Crippen LogP contribution < -0.4 is 10.1 Å². The standard InChI is InChI=1S/C17H16F5N5O2/c1-17(2,28)13(8-3-4-11(9(18)5-8)29-15(21)22)26-12-6-10(14(19)20)25-16-23-7-24-27(12)16/h3-7,13-15,26,28H,1-2H3/t13-/m1/s1. The lowest BCUT2D eigenvalue weighted by molar-refractivity contribution is -0.0522. The van der Waals surface area contributed by atoms with E-state index in [2.05, 4.69) is 25.1 Å². The van der Waals surface area contributed by atoms with Crippen LogP contribution in [0.2, 0.25) is 0 Å². The van der Waals surface area contributed by atoms with Crippen molar-refractivity contribution >= 4 is 11.6 Å². The Kier molecular flexibility index (Phi) is 5.55. The summed E-state index contributed by atoms with van der Waals surface area (Å²) in [5.74, 6) is -1.83. The monoisotopic (exact) mass is 417 g/mol. The Morgan fingerprint density at radius 1 is 1.17 bits per heavy atom. The summed E-state index contributed by atoms with van der Waals surface area (Å²) in [7, 11) is 0. The number of aliphatic hydroxyl groups is 1. The first-order valence-corrected chi connectivity index (χ1v) is 8.28. The van der Waals surface area contributed by atoms with E-state index in [1.54, 1.807) is 0 Å². The minimum atomic E-state index is -3.20. The minimum absolute atomic E-state index is 0.0169. The molecule has 0 saturated carbocycles. The zero-order chi connectivity index (χ0) is 21.3. The van der Waals surface area contributed by atoms with E-state index >= 15 is 0 Å². The Hall–Kier alpha value is -3.02. The van der Waals surface area contributed by atoms with Crippen LogP contribution in [0.4, 0.5) is 27.8 Å². The van der Waals surface area contributed by atoms with Crippen LogP contribution in [-0.2, 0) is 0 Å². The molecular weight excluding hydrogens is 401 g/mol. The Balaban J connectivity index is 2.03. The van der Waals surface area contributed by atoms with E-state index in [1.165, 1.54) is 19.9 Å². The number of hydrogen-bond acceptors (Lipinski definition) is 6. The minimum Gasteiger partial charge on any atom is -0.432 e. The molecule has 0 unspecified atom stereocenters. The molecular formula is C17H16F5N5O2. The molecule has 0 radical (unpaired) electrons. The molecule has 0 fully saturated rings. The Bertz CT molecular complexity index is 1010. The van der Waals surface area contributed by atoms with Crippen LogP contribution in [0.3, 0.4) is 0 Å². The third kappa shape index (κ3) is 4.53. The van der Waals surface area contributed by atoms with Gasteiger partial charge in [-0.1, -0.05) is 6.07 Å². The van der Waals surface area contributed by atoms with E-state index in [0.29, 0.717) is 0 Å².